The lowest BCUT2D eigenvalue weighted by atomic mass is 9.79. The number of aryl methyl sites for hydroxylation is 3. The van der Waals surface area contributed by atoms with E-state index < -0.39 is 0 Å². The zero-order valence-electron chi connectivity index (χ0n) is 13.1. The van der Waals surface area contributed by atoms with Gasteiger partial charge in [-0.05, 0) is 81.2 Å². The van der Waals surface area contributed by atoms with E-state index in [4.69, 9.17) is 0 Å². The Bertz CT molecular complexity index is 422. The fraction of sp³-hybridized carbons (Fsp3) is 0.667. The van der Waals surface area contributed by atoms with Gasteiger partial charge in [0.2, 0.25) is 0 Å². The lowest BCUT2D eigenvalue weighted by Gasteiger charge is -2.31. The second-order valence-electron chi connectivity index (χ2n) is 6.31. The average molecular weight is 259 g/mol. The molecule has 1 heteroatoms. The van der Waals surface area contributed by atoms with E-state index in [1.54, 1.807) is 5.56 Å². The van der Waals surface area contributed by atoms with Crippen LogP contribution in [0.25, 0.3) is 0 Å². The summed E-state index contributed by atoms with van der Waals surface area (Å²) in [5, 5.41) is 3.72. The summed E-state index contributed by atoms with van der Waals surface area (Å²) in [6.07, 6.45) is 6.67. The predicted molar refractivity (Wildman–Crippen MR) is 83.9 cm³/mol. The van der Waals surface area contributed by atoms with Crippen molar-refractivity contribution in [3.05, 3.63) is 34.4 Å². The highest BCUT2D eigenvalue weighted by molar-refractivity contribution is 5.38. The third kappa shape index (κ3) is 3.60. The molecule has 0 spiro atoms. The molecule has 2 atom stereocenters. The minimum Gasteiger partial charge on any atom is -0.314 e. The Hall–Kier alpha value is -0.820. The summed E-state index contributed by atoms with van der Waals surface area (Å²) in [6, 6.07) is 5.55. The number of rotatable bonds is 4. The SMILES string of the molecule is CCCNC1CCCC(c2cc(C)c(C)cc2C)C1. The Morgan fingerprint density at radius 3 is 2.53 bits per heavy atom. The summed E-state index contributed by atoms with van der Waals surface area (Å²) in [6.45, 7) is 10.2. The van der Waals surface area contributed by atoms with Crippen LogP contribution in [-0.4, -0.2) is 12.6 Å². The summed E-state index contributed by atoms with van der Waals surface area (Å²) in [5.41, 5.74) is 5.97. The van der Waals surface area contributed by atoms with Crippen molar-refractivity contribution in [1.82, 2.24) is 5.32 Å². The molecular formula is C18H29N. The number of hydrogen-bond acceptors (Lipinski definition) is 1. The van der Waals surface area contributed by atoms with Gasteiger partial charge in [-0.3, -0.25) is 0 Å². The Kier molecular flexibility index (Phi) is 5.04. The van der Waals surface area contributed by atoms with E-state index in [1.807, 2.05) is 0 Å². The summed E-state index contributed by atoms with van der Waals surface area (Å²) in [5.74, 6) is 0.766. The van der Waals surface area contributed by atoms with Crippen molar-refractivity contribution >= 4 is 0 Å². The third-order valence-electron chi connectivity index (χ3n) is 4.68. The van der Waals surface area contributed by atoms with Crippen molar-refractivity contribution in [3.63, 3.8) is 0 Å². The van der Waals surface area contributed by atoms with Gasteiger partial charge in [0.25, 0.3) is 0 Å². The first-order valence-corrected chi connectivity index (χ1v) is 7.93. The van der Waals surface area contributed by atoms with Crippen LogP contribution in [0, 0.1) is 20.8 Å². The molecule has 1 nitrogen and oxygen atoms in total. The molecule has 1 aromatic carbocycles. The highest BCUT2D eigenvalue weighted by Gasteiger charge is 2.24. The molecule has 0 radical (unpaired) electrons. The highest BCUT2D eigenvalue weighted by Crippen LogP contribution is 2.35. The Morgan fingerprint density at radius 2 is 1.79 bits per heavy atom. The van der Waals surface area contributed by atoms with E-state index in [2.05, 4.69) is 45.1 Å². The molecule has 1 saturated carbocycles. The standard InChI is InChI=1S/C18H29N/c1-5-9-19-17-8-6-7-16(12-17)18-11-14(3)13(2)10-15(18)4/h10-11,16-17,19H,5-9,12H2,1-4H3. The van der Waals surface area contributed by atoms with Crippen LogP contribution < -0.4 is 5.32 Å². The van der Waals surface area contributed by atoms with Gasteiger partial charge >= 0.3 is 0 Å². The van der Waals surface area contributed by atoms with Crippen molar-refractivity contribution in [2.45, 2.75) is 71.8 Å². The highest BCUT2D eigenvalue weighted by atomic mass is 14.9. The maximum Gasteiger partial charge on any atom is 0.00728 e. The van der Waals surface area contributed by atoms with Crippen LogP contribution in [0.15, 0.2) is 12.1 Å². The molecule has 0 aliphatic heterocycles. The van der Waals surface area contributed by atoms with Crippen molar-refractivity contribution in [1.29, 1.82) is 0 Å². The van der Waals surface area contributed by atoms with Gasteiger partial charge < -0.3 is 5.32 Å². The molecule has 1 aromatic rings. The lowest BCUT2D eigenvalue weighted by Crippen LogP contribution is -2.34. The van der Waals surface area contributed by atoms with Crippen molar-refractivity contribution in [2.24, 2.45) is 0 Å². The number of benzene rings is 1. The van der Waals surface area contributed by atoms with Crippen LogP contribution in [0.5, 0.6) is 0 Å². The first-order chi connectivity index (χ1) is 9.11. The van der Waals surface area contributed by atoms with Crippen LogP contribution in [0.4, 0.5) is 0 Å². The van der Waals surface area contributed by atoms with Crippen molar-refractivity contribution < 1.29 is 0 Å². The van der Waals surface area contributed by atoms with E-state index in [9.17, 15) is 0 Å². The van der Waals surface area contributed by atoms with Gasteiger partial charge in [-0.15, -0.1) is 0 Å². The van der Waals surface area contributed by atoms with Crippen LogP contribution in [0.1, 0.15) is 67.2 Å². The van der Waals surface area contributed by atoms with Crippen LogP contribution in [-0.2, 0) is 0 Å². The van der Waals surface area contributed by atoms with Gasteiger partial charge in [0.1, 0.15) is 0 Å². The Balaban J connectivity index is 2.10. The van der Waals surface area contributed by atoms with Gasteiger partial charge in [0, 0.05) is 6.04 Å². The molecule has 0 saturated heterocycles. The summed E-state index contributed by atoms with van der Waals surface area (Å²) in [4.78, 5) is 0. The molecule has 1 N–H and O–H groups in total. The Labute approximate surface area is 118 Å². The third-order valence-corrected chi connectivity index (χ3v) is 4.68. The van der Waals surface area contributed by atoms with Crippen LogP contribution >= 0.6 is 0 Å². The first-order valence-electron chi connectivity index (χ1n) is 7.93. The van der Waals surface area contributed by atoms with E-state index in [0.29, 0.717) is 0 Å². The fourth-order valence-corrected chi connectivity index (χ4v) is 3.43. The van der Waals surface area contributed by atoms with E-state index in [0.717, 1.165) is 12.0 Å². The molecule has 1 aliphatic carbocycles. The maximum atomic E-state index is 3.72. The topological polar surface area (TPSA) is 12.0 Å². The summed E-state index contributed by atoms with van der Waals surface area (Å²) >= 11 is 0. The predicted octanol–water partition coefficient (Wildman–Crippen LogP) is 4.64. The largest absolute Gasteiger partial charge is 0.314 e. The van der Waals surface area contributed by atoms with Crippen LogP contribution in [0.3, 0.4) is 0 Å². The second kappa shape index (κ2) is 6.56. The normalized spacial score (nSPS) is 23.6. The molecule has 19 heavy (non-hydrogen) atoms. The van der Waals surface area contributed by atoms with Gasteiger partial charge in [-0.2, -0.15) is 0 Å². The molecule has 2 unspecified atom stereocenters. The van der Waals surface area contributed by atoms with E-state index >= 15 is 0 Å². The fourth-order valence-electron chi connectivity index (χ4n) is 3.43. The van der Waals surface area contributed by atoms with Crippen LogP contribution in [0.2, 0.25) is 0 Å². The molecule has 0 heterocycles. The van der Waals surface area contributed by atoms with Gasteiger partial charge in [-0.1, -0.05) is 25.5 Å². The summed E-state index contributed by atoms with van der Waals surface area (Å²) < 4.78 is 0. The number of nitrogens with one attached hydrogen (secondary N) is 1. The minimum absolute atomic E-state index is 0.736. The minimum atomic E-state index is 0.736. The molecular weight excluding hydrogens is 230 g/mol. The summed E-state index contributed by atoms with van der Waals surface area (Å²) in [7, 11) is 0. The quantitative estimate of drug-likeness (QED) is 0.830. The van der Waals surface area contributed by atoms with E-state index in [-0.39, 0.29) is 0 Å². The van der Waals surface area contributed by atoms with Crippen molar-refractivity contribution in [3.8, 4) is 0 Å². The van der Waals surface area contributed by atoms with Crippen molar-refractivity contribution in [2.75, 3.05) is 6.54 Å². The average Bonchev–Trinajstić information content (AvgIpc) is 2.41. The second-order valence-corrected chi connectivity index (χ2v) is 6.31. The number of hydrogen-bond donors (Lipinski definition) is 1. The Morgan fingerprint density at radius 1 is 1.05 bits per heavy atom. The molecule has 0 bridgehead atoms. The molecule has 2 rings (SSSR count). The monoisotopic (exact) mass is 259 g/mol. The molecule has 0 amide bonds. The van der Waals surface area contributed by atoms with Gasteiger partial charge in [0.05, 0.1) is 0 Å². The first kappa shape index (κ1) is 14.6. The van der Waals surface area contributed by atoms with E-state index in [1.165, 1.54) is 55.3 Å². The molecule has 1 fully saturated rings. The molecule has 0 aromatic heterocycles. The van der Waals surface area contributed by atoms with Gasteiger partial charge in [0.15, 0.2) is 0 Å². The molecule has 1 aliphatic rings. The molecule has 106 valence electrons. The maximum absolute atomic E-state index is 3.72. The zero-order chi connectivity index (χ0) is 13.8. The smallest absolute Gasteiger partial charge is 0.00728 e. The van der Waals surface area contributed by atoms with Gasteiger partial charge in [-0.25, -0.2) is 0 Å². The lowest BCUT2D eigenvalue weighted by molar-refractivity contribution is 0.339. The zero-order valence-corrected chi connectivity index (χ0v) is 13.1.